The van der Waals surface area contributed by atoms with E-state index in [0.29, 0.717) is 23.5 Å². The van der Waals surface area contributed by atoms with E-state index in [0.717, 1.165) is 12.8 Å². The maximum absolute atomic E-state index is 12.7. The molecule has 0 aliphatic carbocycles. The minimum atomic E-state index is -0.336. The lowest BCUT2D eigenvalue weighted by atomic mass is 10.3. The topological polar surface area (TPSA) is 87.8 Å². The van der Waals surface area contributed by atoms with Crippen molar-refractivity contribution in [3.8, 4) is 0 Å². The summed E-state index contributed by atoms with van der Waals surface area (Å²) in [4.78, 5) is 29.7. The Morgan fingerprint density at radius 2 is 2.00 bits per heavy atom. The average Bonchev–Trinajstić information content (AvgIpc) is 2.74. The van der Waals surface area contributed by atoms with Gasteiger partial charge in [-0.1, -0.05) is 13.3 Å². The Kier molecular flexibility index (Phi) is 4.32. The van der Waals surface area contributed by atoms with Crippen LogP contribution in [-0.4, -0.2) is 25.2 Å². The van der Waals surface area contributed by atoms with Gasteiger partial charge in [0.2, 0.25) is 0 Å². The fourth-order valence-electron chi connectivity index (χ4n) is 2.45. The first-order chi connectivity index (χ1) is 9.93. The molecule has 2 N–H and O–H groups in total. The number of aryl methyl sites for hydroxylation is 3. The highest BCUT2D eigenvalue weighted by molar-refractivity contribution is 5.71. The van der Waals surface area contributed by atoms with Gasteiger partial charge in [0.1, 0.15) is 5.82 Å². The molecule has 0 saturated heterocycles. The molecule has 2 heterocycles. The van der Waals surface area contributed by atoms with E-state index < -0.39 is 0 Å². The lowest BCUT2D eigenvalue weighted by Crippen LogP contribution is -2.43. The molecule has 0 saturated carbocycles. The Morgan fingerprint density at radius 3 is 2.57 bits per heavy atom. The largest absolute Gasteiger partial charge is 0.333 e. The molecular weight excluding hydrogens is 270 g/mol. The van der Waals surface area contributed by atoms with Crippen LogP contribution >= 0.6 is 0 Å². The first-order valence-electron chi connectivity index (χ1n) is 7.32. The van der Waals surface area contributed by atoms with Gasteiger partial charge < -0.3 is 10.3 Å². The lowest BCUT2D eigenvalue weighted by molar-refractivity contribution is 0.481. The fourth-order valence-corrected chi connectivity index (χ4v) is 2.45. The van der Waals surface area contributed by atoms with E-state index in [1.165, 1.54) is 4.57 Å². The quantitative estimate of drug-likeness (QED) is 0.870. The van der Waals surface area contributed by atoms with Crippen LogP contribution in [0.4, 0.5) is 0 Å². The highest BCUT2D eigenvalue weighted by Gasteiger charge is 2.20. The van der Waals surface area contributed by atoms with Crippen molar-refractivity contribution >= 4 is 11.2 Å². The number of hydrogen-bond donors (Lipinski definition) is 1. The molecule has 0 bridgehead atoms. The number of aromatic nitrogens is 4. The van der Waals surface area contributed by atoms with E-state index in [9.17, 15) is 9.59 Å². The molecular formula is C14H23N5O2. The molecule has 0 spiro atoms. The monoisotopic (exact) mass is 293 g/mol. The van der Waals surface area contributed by atoms with Crippen LogP contribution in [0.3, 0.4) is 0 Å². The van der Waals surface area contributed by atoms with Crippen LogP contribution in [0, 0.1) is 6.92 Å². The Balaban J connectivity index is 2.89. The maximum Gasteiger partial charge on any atom is 0.333 e. The molecule has 2 rings (SSSR count). The minimum Gasteiger partial charge on any atom is -0.328 e. The van der Waals surface area contributed by atoms with Gasteiger partial charge in [-0.05, 0) is 20.3 Å². The van der Waals surface area contributed by atoms with Crippen molar-refractivity contribution in [2.24, 2.45) is 12.8 Å². The van der Waals surface area contributed by atoms with Crippen LogP contribution in [0.25, 0.3) is 11.2 Å². The third kappa shape index (κ3) is 2.42. The Bertz CT molecular complexity index is 768. The van der Waals surface area contributed by atoms with E-state index in [-0.39, 0.29) is 23.8 Å². The van der Waals surface area contributed by atoms with Crippen LogP contribution in [0.1, 0.15) is 38.6 Å². The summed E-state index contributed by atoms with van der Waals surface area (Å²) in [5.41, 5.74) is 5.94. The predicted octanol–water partition coefficient (Wildman–Crippen LogP) is 0.525. The highest BCUT2D eigenvalue weighted by atomic mass is 16.2. The molecule has 0 aliphatic rings. The second-order valence-electron chi connectivity index (χ2n) is 5.44. The van der Waals surface area contributed by atoms with E-state index in [1.807, 2.05) is 6.92 Å². The lowest BCUT2D eigenvalue weighted by Gasteiger charge is -2.15. The molecule has 0 fully saturated rings. The van der Waals surface area contributed by atoms with Gasteiger partial charge in [-0.2, -0.15) is 0 Å². The molecule has 0 aliphatic heterocycles. The summed E-state index contributed by atoms with van der Waals surface area (Å²) in [6, 6.07) is -0.336. The fraction of sp³-hybridized carbons (Fsp3) is 0.643. The molecule has 0 radical (unpaired) electrons. The number of imidazole rings is 1. The molecule has 2 aromatic heterocycles. The van der Waals surface area contributed by atoms with Crippen LogP contribution < -0.4 is 17.0 Å². The van der Waals surface area contributed by atoms with Gasteiger partial charge in [0.05, 0.1) is 6.04 Å². The standard InChI is InChI=1S/C14H23N5O2/c1-5-6-7-18-12-11(17(4)10(3)16-12)13(20)19(14(18)21)9(2)8-15/h9H,5-8,15H2,1-4H3. The van der Waals surface area contributed by atoms with Gasteiger partial charge in [-0.25, -0.2) is 9.78 Å². The number of rotatable bonds is 5. The van der Waals surface area contributed by atoms with Crippen molar-refractivity contribution in [1.29, 1.82) is 0 Å². The summed E-state index contributed by atoms with van der Waals surface area (Å²) in [6.07, 6.45) is 1.82. The van der Waals surface area contributed by atoms with Crippen molar-refractivity contribution in [3.05, 3.63) is 26.7 Å². The summed E-state index contributed by atoms with van der Waals surface area (Å²) in [7, 11) is 1.79. The van der Waals surface area contributed by atoms with Crippen molar-refractivity contribution < 1.29 is 0 Å². The first-order valence-corrected chi connectivity index (χ1v) is 7.32. The minimum absolute atomic E-state index is 0.241. The van der Waals surface area contributed by atoms with E-state index >= 15 is 0 Å². The first kappa shape index (κ1) is 15.5. The van der Waals surface area contributed by atoms with Gasteiger partial charge in [-0.3, -0.25) is 13.9 Å². The normalized spacial score (nSPS) is 13.0. The molecule has 0 amide bonds. The van der Waals surface area contributed by atoms with Gasteiger partial charge in [-0.15, -0.1) is 0 Å². The molecule has 0 aromatic carbocycles. The summed E-state index contributed by atoms with van der Waals surface area (Å²) in [5, 5.41) is 0. The Morgan fingerprint density at radius 1 is 1.33 bits per heavy atom. The zero-order chi connectivity index (χ0) is 15.7. The van der Waals surface area contributed by atoms with Crippen molar-refractivity contribution in [2.45, 2.75) is 46.2 Å². The molecule has 21 heavy (non-hydrogen) atoms. The van der Waals surface area contributed by atoms with Gasteiger partial charge in [0.15, 0.2) is 11.2 Å². The third-order valence-corrected chi connectivity index (χ3v) is 3.93. The third-order valence-electron chi connectivity index (χ3n) is 3.93. The zero-order valence-electron chi connectivity index (χ0n) is 13.1. The number of fused-ring (bicyclic) bond motifs is 1. The van der Waals surface area contributed by atoms with Gasteiger partial charge in [0, 0.05) is 20.1 Å². The second-order valence-corrected chi connectivity index (χ2v) is 5.44. The maximum atomic E-state index is 12.7. The van der Waals surface area contributed by atoms with Gasteiger partial charge in [0.25, 0.3) is 5.56 Å². The smallest absolute Gasteiger partial charge is 0.328 e. The van der Waals surface area contributed by atoms with E-state index in [4.69, 9.17) is 5.73 Å². The second kappa shape index (κ2) is 5.85. The van der Waals surface area contributed by atoms with Crippen LogP contribution in [0.2, 0.25) is 0 Å². The highest BCUT2D eigenvalue weighted by Crippen LogP contribution is 2.11. The summed E-state index contributed by atoms with van der Waals surface area (Å²) >= 11 is 0. The molecule has 1 atom stereocenters. The predicted molar refractivity (Wildman–Crippen MR) is 82.6 cm³/mol. The molecule has 7 nitrogen and oxygen atoms in total. The summed E-state index contributed by atoms with van der Waals surface area (Å²) < 4.78 is 4.58. The van der Waals surface area contributed by atoms with Crippen LogP contribution in [0.5, 0.6) is 0 Å². The van der Waals surface area contributed by atoms with E-state index in [2.05, 4.69) is 11.9 Å². The molecule has 1 unspecified atom stereocenters. The number of nitrogens with two attached hydrogens (primary N) is 1. The van der Waals surface area contributed by atoms with Crippen molar-refractivity contribution in [3.63, 3.8) is 0 Å². The van der Waals surface area contributed by atoms with Crippen LogP contribution in [0.15, 0.2) is 9.59 Å². The Hall–Kier alpha value is -1.89. The molecule has 116 valence electrons. The average molecular weight is 293 g/mol. The van der Waals surface area contributed by atoms with Gasteiger partial charge >= 0.3 is 5.69 Å². The van der Waals surface area contributed by atoms with Crippen LogP contribution in [-0.2, 0) is 13.6 Å². The number of unbranched alkanes of at least 4 members (excludes halogenated alkanes) is 1. The summed E-state index contributed by atoms with van der Waals surface area (Å²) in [5.74, 6) is 0.713. The molecule has 7 heteroatoms. The number of nitrogens with zero attached hydrogens (tertiary/aromatic N) is 4. The SMILES string of the molecule is CCCCn1c(=O)n(C(C)CN)c(=O)c2c1nc(C)n2C. The van der Waals surface area contributed by atoms with Crippen molar-refractivity contribution in [2.75, 3.05) is 6.54 Å². The zero-order valence-corrected chi connectivity index (χ0v) is 13.1. The summed E-state index contributed by atoms with van der Waals surface area (Å²) in [6.45, 7) is 6.46. The van der Waals surface area contributed by atoms with E-state index in [1.54, 1.807) is 23.1 Å². The number of hydrogen-bond acceptors (Lipinski definition) is 4. The van der Waals surface area contributed by atoms with Crippen molar-refractivity contribution in [1.82, 2.24) is 18.7 Å². The Labute approximate surface area is 123 Å². The molecule has 2 aromatic rings.